The van der Waals surface area contributed by atoms with Gasteiger partial charge in [-0.15, -0.1) is 0 Å². The van der Waals surface area contributed by atoms with E-state index in [0.29, 0.717) is 30.2 Å². The molecule has 0 aliphatic carbocycles. The number of aromatic nitrogens is 1. The van der Waals surface area contributed by atoms with Gasteiger partial charge in [0.05, 0.1) is 12.8 Å². The van der Waals surface area contributed by atoms with E-state index in [1.54, 1.807) is 19.4 Å². The molecule has 1 unspecified atom stereocenters. The van der Waals surface area contributed by atoms with E-state index in [1.807, 2.05) is 17.0 Å². The number of nitrogens with one attached hydrogen (secondary N) is 1. The van der Waals surface area contributed by atoms with Crippen molar-refractivity contribution in [3.63, 3.8) is 0 Å². The van der Waals surface area contributed by atoms with E-state index in [9.17, 15) is 14.4 Å². The van der Waals surface area contributed by atoms with Crippen molar-refractivity contribution in [2.75, 3.05) is 38.2 Å². The second-order valence-electron chi connectivity index (χ2n) is 8.83. The van der Waals surface area contributed by atoms with E-state index < -0.39 is 17.8 Å². The highest BCUT2D eigenvalue weighted by molar-refractivity contribution is 6.05. The van der Waals surface area contributed by atoms with Gasteiger partial charge in [0, 0.05) is 63.5 Å². The molecule has 34 heavy (non-hydrogen) atoms. The number of pyridine rings is 1. The molecule has 4 heterocycles. The van der Waals surface area contributed by atoms with E-state index in [-0.39, 0.29) is 36.8 Å². The normalized spacial score (nSPS) is 21.0. The summed E-state index contributed by atoms with van der Waals surface area (Å²) < 4.78 is 20.2. The third-order valence-corrected chi connectivity index (χ3v) is 6.72. The van der Waals surface area contributed by atoms with E-state index in [0.717, 1.165) is 25.2 Å². The second kappa shape index (κ2) is 9.02. The van der Waals surface area contributed by atoms with Crippen molar-refractivity contribution < 1.29 is 23.5 Å². The van der Waals surface area contributed by atoms with Crippen molar-refractivity contribution in [2.24, 2.45) is 0 Å². The van der Waals surface area contributed by atoms with Gasteiger partial charge < -0.3 is 14.5 Å². The summed E-state index contributed by atoms with van der Waals surface area (Å²) in [6, 6.07) is 6.18. The molecule has 1 atom stereocenters. The fraction of sp³-hybridized carbons (Fsp3) is 0.417. The van der Waals surface area contributed by atoms with Crippen LogP contribution in [0.3, 0.4) is 0 Å². The first-order valence-corrected chi connectivity index (χ1v) is 11.4. The number of piperidine rings is 1. The van der Waals surface area contributed by atoms with Crippen molar-refractivity contribution in [1.29, 1.82) is 0 Å². The monoisotopic (exact) mass is 467 g/mol. The molecule has 10 heteroatoms. The Morgan fingerprint density at radius 1 is 1.15 bits per heavy atom. The number of methoxy groups -OCH3 is 1. The number of hydrogen-bond donors (Lipinski definition) is 1. The SMILES string of the molecule is COc1cc(CN2CCN(c3cc4c(cc3F)C(=O)N(C3CCC(=O)NC3=O)C4)CC2)ccn1. The van der Waals surface area contributed by atoms with Gasteiger partial charge in [-0.05, 0) is 35.7 Å². The summed E-state index contributed by atoms with van der Waals surface area (Å²) in [5, 5.41) is 2.29. The molecule has 178 valence electrons. The fourth-order valence-corrected chi connectivity index (χ4v) is 4.88. The topological polar surface area (TPSA) is 95.1 Å². The number of ether oxygens (including phenoxy) is 1. The molecule has 3 aliphatic heterocycles. The second-order valence-corrected chi connectivity index (χ2v) is 8.83. The maximum Gasteiger partial charge on any atom is 0.255 e. The van der Waals surface area contributed by atoms with E-state index >= 15 is 4.39 Å². The number of benzene rings is 1. The number of rotatable bonds is 5. The highest BCUT2D eigenvalue weighted by atomic mass is 19.1. The molecule has 1 aromatic carbocycles. The Kier molecular flexibility index (Phi) is 5.91. The minimum atomic E-state index is -0.709. The van der Waals surface area contributed by atoms with E-state index in [2.05, 4.69) is 15.2 Å². The van der Waals surface area contributed by atoms with Crippen molar-refractivity contribution in [3.8, 4) is 5.88 Å². The zero-order valence-electron chi connectivity index (χ0n) is 18.9. The van der Waals surface area contributed by atoms with Gasteiger partial charge in [0.1, 0.15) is 11.9 Å². The number of halogens is 1. The number of carbonyl (C=O) groups is 3. The third kappa shape index (κ3) is 4.21. The van der Waals surface area contributed by atoms with Gasteiger partial charge in [0.2, 0.25) is 17.7 Å². The maximum atomic E-state index is 15.1. The van der Waals surface area contributed by atoms with Crippen LogP contribution in [0.1, 0.15) is 34.3 Å². The van der Waals surface area contributed by atoms with Crippen LogP contribution in [0.5, 0.6) is 5.88 Å². The Morgan fingerprint density at radius 2 is 1.94 bits per heavy atom. The fourth-order valence-electron chi connectivity index (χ4n) is 4.88. The number of nitrogens with zero attached hydrogens (tertiary/aromatic N) is 4. The van der Waals surface area contributed by atoms with Gasteiger partial charge in [-0.25, -0.2) is 9.37 Å². The average molecular weight is 468 g/mol. The van der Waals surface area contributed by atoms with Crippen molar-refractivity contribution in [2.45, 2.75) is 32.0 Å². The highest BCUT2D eigenvalue weighted by Crippen LogP contribution is 2.33. The maximum absolute atomic E-state index is 15.1. The third-order valence-electron chi connectivity index (χ3n) is 6.72. The van der Waals surface area contributed by atoms with Gasteiger partial charge in [-0.1, -0.05) is 0 Å². The van der Waals surface area contributed by atoms with Crippen LogP contribution in [-0.2, 0) is 22.7 Å². The Balaban J connectivity index is 1.26. The molecule has 0 saturated carbocycles. The largest absolute Gasteiger partial charge is 0.481 e. The van der Waals surface area contributed by atoms with Crippen LogP contribution in [-0.4, -0.2) is 71.8 Å². The predicted octanol–water partition coefficient (Wildman–Crippen LogP) is 1.31. The van der Waals surface area contributed by atoms with Crippen LogP contribution in [0.25, 0.3) is 0 Å². The minimum Gasteiger partial charge on any atom is -0.481 e. The summed E-state index contributed by atoms with van der Waals surface area (Å²) in [6.45, 7) is 3.84. The van der Waals surface area contributed by atoms with Gasteiger partial charge >= 0.3 is 0 Å². The number of amides is 3. The Morgan fingerprint density at radius 3 is 2.68 bits per heavy atom. The van der Waals surface area contributed by atoms with Crippen molar-refractivity contribution in [1.82, 2.24) is 20.1 Å². The Labute approximate surface area is 196 Å². The summed E-state index contributed by atoms with van der Waals surface area (Å²) in [7, 11) is 1.59. The summed E-state index contributed by atoms with van der Waals surface area (Å²) >= 11 is 0. The molecule has 1 N–H and O–H groups in total. The molecule has 2 aromatic rings. The standard InChI is InChI=1S/C24H26FN5O4/c1-34-22-10-15(4-5-26-22)13-28-6-8-29(9-7-28)20-11-16-14-30(24(33)17(16)12-18(20)25)19-2-3-21(31)27-23(19)32/h4-5,10-12,19H,2-3,6-9,13-14H2,1H3,(H,27,31,32). The van der Waals surface area contributed by atoms with Crippen LogP contribution in [0.4, 0.5) is 10.1 Å². The first kappa shape index (κ1) is 22.3. The average Bonchev–Trinajstić information content (AvgIpc) is 3.14. The number of fused-ring (bicyclic) bond motifs is 1. The molecule has 3 aliphatic rings. The zero-order chi connectivity index (χ0) is 23.8. The quantitative estimate of drug-likeness (QED) is 0.663. The van der Waals surface area contributed by atoms with Crippen LogP contribution >= 0.6 is 0 Å². The van der Waals surface area contributed by atoms with Gasteiger partial charge in [0.25, 0.3) is 5.91 Å². The number of anilines is 1. The van der Waals surface area contributed by atoms with Crippen LogP contribution in [0.2, 0.25) is 0 Å². The molecule has 0 spiro atoms. The number of hydrogen-bond acceptors (Lipinski definition) is 7. The van der Waals surface area contributed by atoms with Gasteiger partial charge in [0.15, 0.2) is 0 Å². The lowest BCUT2D eigenvalue weighted by molar-refractivity contribution is -0.136. The molecule has 1 aromatic heterocycles. The van der Waals surface area contributed by atoms with Crippen molar-refractivity contribution >= 4 is 23.4 Å². The summed E-state index contributed by atoms with van der Waals surface area (Å²) in [4.78, 5) is 46.4. The van der Waals surface area contributed by atoms with Gasteiger partial charge in [-0.2, -0.15) is 0 Å². The van der Waals surface area contributed by atoms with Crippen LogP contribution in [0.15, 0.2) is 30.5 Å². The summed E-state index contributed by atoms with van der Waals surface area (Å²) in [5.74, 6) is -1.03. The molecular weight excluding hydrogens is 441 g/mol. The molecule has 3 amide bonds. The Bertz CT molecular complexity index is 1150. The molecule has 2 fully saturated rings. The number of piperazine rings is 1. The number of imide groups is 1. The smallest absolute Gasteiger partial charge is 0.255 e. The lowest BCUT2D eigenvalue weighted by Gasteiger charge is -2.36. The first-order chi connectivity index (χ1) is 16.4. The van der Waals surface area contributed by atoms with E-state index in [4.69, 9.17) is 4.74 Å². The van der Waals surface area contributed by atoms with Gasteiger partial charge in [-0.3, -0.25) is 24.6 Å². The first-order valence-electron chi connectivity index (χ1n) is 11.4. The minimum absolute atomic E-state index is 0.187. The van der Waals surface area contributed by atoms with E-state index in [1.165, 1.54) is 11.0 Å². The highest BCUT2D eigenvalue weighted by Gasteiger charge is 2.39. The molecule has 0 bridgehead atoms. The molecule has 2 saturated heterocycles. The van der Waals surface area contributed by atoms with Crippen LogP contribution < -0.4 is 15.0 Å². The molecular formula is C24H26FN5O4. The lowest BCUT2D eigenvalue weighted by Crippen LogP contribution is -2.52. The predicted molar refractivity (Wildman–Crippen MR) is 121 cm³/mol. The lowest BCUT2D eigenvalue weighted by atomic mass is 10.0. The summed E-state index contributed by atoms with van der Waals surface area (Å²) in [6.07, 6.45) is 2.20. The molecule has 0 radical (unpaired) electrons. The zero-order valence-corrected chi connectivity index (χ0v) is 18.9. The molecule has 9 nitrogen and oxygen atoms in total. The van der Waals surface area contributed by atoms with Crippen molar-refractivity contribution in [3.05, 3.63) is 53.0 Å². The Hall–Kier alpha value is -3.53. The molecule has 5 rings (SSSR count). The number of carbonyl (C=O) groups excluding carboxylic acids is 3. The van der Waals surface area contributed by atoms with Crippen LogP contribution in [0, 0.1) is 5.82 Å². The summed E-state index contributed by atoms with van der Waals surface area (Å²) in [5.41, 5.74) is 2.58.